The molecule has 1 amide bonds. The Morgan fingerprint density at radius 1 is 1.17 bits per heavy atom. The van der Waals surface area contributed by atoms with Gasteiger partial charge in [-0.2, -0.15) is 0 Å². The summed E-state index contributed by atoms with van der Waals surface area (Å²) in [6, 6.07) is 10.2. The second kappa shape index (κ2) is 10.9. The maximum absolute atomic E-state index is 14.5. The number of nitrogens with zero attached hydrogens (tertiary/aromatic N) is 4. The molecule has 0 spiro atoms. The van der Waals surface area contributed by atoms with Crippen molar-refractivity contribution in [2.75, 3.05) is 51.4 Å². The maximum Gasteiger partial charge on any atom is 0.266 e. The number of carbonyl (C=O) groups excluding carboxylic acids is 1. The van der Waals surface area contributed by atoms with Gasteiger partial charge < -0.3 is 10.2 Å². The van der Waals surface area contributed by atoms with E-state index >= 15 is 0 Å². The molecule has 1 aliphatic heterocycles. The quantitative estimate of drug-likeness (QED) is 0.492. The fourth-order valence-electron chi connectivity index (χ4n) is 4.14. The van der Waals surface area contributed by atoms with E-state index in [2.05, 4.69) is 32.3 Å². The van der Waals surface area contributed by atoms with Gasteiger partial charge in [0.1, 0.15) is 17.5 Å². The van der Waals surface area contributed by atoms with Crippen LogP contribution in [0.15, 0.2) is 36.4 Å². The van der Waals surface area contributed by atoms with Crippen LogP contribution in [-0.2, 0) is 11.3 Å². The standard InChI is InChI=1S/C25H29F3N5OP/c1-16-30-21-8-7-18(35-11-9-33(10-12-35)15-22(34)32(2)3)13-20(21)25(31-16)29-14-17-5-4-6-19(23(17)26)24(27)28/h4-8,13,24H,9-12,14-15H2,1-3H3,(H,29,30,31). The highest BCUT2D eigenvalue weighted by molar-refractivity contribution is 7.65. The lowest BCUT2D eigenvalue weighted by Gasteiger charge is -2.32. The molecule has 186 valence electrons. The Kier molecular flexibility index (Phi) is 7.87. The fraction of sp³-hybridized carbons (Fsp3) is 0.400. The van der Waals surface area contributed by atoms with E-state index in [1.165, 1.54) is 17.4 Å². The molecule has 1 aliphatic rings. The first-order valence-corrected chi connectivity index (χ1v) is 13.2. The maximum atomic E-state index is 14.5. The van der Waals surface area contributed by atoms with E-state index in [-0.39, 0.29) is 18.0 Å². The fourth-order valence-corrected chi connectivity index (χ4v) is 6.53. The molecule has 1 N–H and O–H groups in total. The minimum absolute atomic E-state index is 0.0335. The van der Waals surface area contributed by atoms with Crippen LogP contribution in [0.25, 0.3) is 10.9 Å². The van der Waals surface area contributed by atoms with Crippen LogP contribution in [0.1, 0.15) is 23.4 Å². The van der Waals surface area contributed by atoms with Crippen molar-refractivity contribution in [1.29, 1.82) is 0 Å². The van der Waals surface area contributed by atoms with Gasteiger partial charge in [0.15, 0.2) is 0 Å². The number of fused-ring (bicyclic) bond motifs is 1. The zero-order chi connectivity index (χ0) is 25.1. The van der Waals surface area contributed by atoms with Crippen LogP contribution < -0.4 is 10.6 Å². The molecule has 3 aromatic rings. The molecule has 35 heavy (non-hydrogen) atoms. The Hall–Kier alpha value is -2.77. The molecule has 0 bridgehead atoms. The normalized spacial score (nSPS) is 15.1. The molecular weight excluding hydrogens is 474 g/mol. The van der Waals surface area contributed by atoms with Crippen LogP contribution in [0.2, 0.25) is 0 Å². The average Bonchev–Trinajstić information content (AvgIpc) is 2.83. The topological polar surface area (TPSA) is 61.4 Å². The summed E-state index contributed by atoms with van der Waals surface area (Å²) in [7, 11) is 3.15. The van der Waals surface area contributed by atoms with Gasteiger partial charge in [0.2, 0.25) is 5.91 Å². The molecule has 0 radical (unpaired) electrons. The third kappa shape index (κ3) is 5.90. The number of nitrogens with one attached hydrogen (secondary N) is 1. The van der Waals surface area contributed by atoms with Gasteiger partial charge in [0.05, 0.1) is 17.6 Å². The lowest BCUT2D eigenvalue weighted by molar-refractivity contribution is -0.129. The van der Waals surface area contributed by atoms with Crippen LogP contribution in [0.4, 0.5) is 19.0 Å². The van der Waals surface area contributed by atoms with E-state index in [1.807, 2.05) is 6.07 Å². The number of anilines is 1. The van der Waals surface area contributed by atoms with Gasteiger partial charge in [-0.3, -0.25) is 9.69 Å². The summed E-state index contributed by atoms with van der Waals surface area (Å²) < 4.78 is 40.7. The van der Waals surface area contributed by atoms with E-state index < -0.39 is 25.7 Å². The van der Waals surface area contributed by atoms with E-state index in [0.29, 0.717) is 18.2 Å². The molecule has 0 unspecified atom stereocenters. The predicted octanol–water partition coefficient (Wildman–Crippen LogP) is 4.14. The molecule has 1 fully saturated rings. The minimum atomic E-state index is -2.87. The van der Waals surface area contributed by atoms with Crippen molar-refractivity contribution >= 4 is 35.9 Å². The summed E-state index contributed by atoms with van der Waals surface area (Å²) >= 11 is 0. The van der Waals surface area contributed by atoms with Crippen LogP contribution >= 0.6 is 7.92 Å². The smallest absolute Gasteiger partial charge is 0.266 e. The number of carbonyl (C=O) groups is 1. The number of aromatic nitrogens is 2. The Balaban J connectivity index is 1.52. The van der Waals surface area contributed by atoms with E-state index in [0.717, 1.165) is 42.4 Å². The van der Waals surface area contributed by atoms with E-state index in [9.17, 15) is 18.0 Å². The summed E-state index contributed by atoms with van der Waals surface area (Å²) in [6.45, 7) is 4.01. The summed E-state index contributed by atoms with van der Waals surface area (Å²) in [5, 5.41) is 5.20. The number of amides is 1. The number of alkyl halides is 2. The summed E-state index contributed by atoms with van der Waals surface area (Å²) in [5.41, 5.74) is 0.333. The Bertz CT molecular complexity index is 1220. The minimum Gasteiger partial charge on any atom is -0.365 e. The molecule has 6 nitrogen and oxygen atoms in total. The molecular formula is C25H29F3N5OP. The highest BCUT2D eigenvalue weighted by Crippen LogP contribution is 2.38. The molecule has 0 saturated carbocycles. The van der Waals surface area contributed by atoms with Crippen molar-refractivity contribution in [2.45, 2.75) is 19.9 Å². The molecule has 0 atom stereocenters. The monoisotopic (exact) mass is 503 g/mol. The zero-order valence-corrected chi connectivity index (χ0v) is 21.0. The number of likely N-dealkylation sites (N-methyl/N-ethyl adjacent to an activating group) is 1. The average molecular weight is 504 g/mol. The second-order valence-electron chi connectivity index (χ2n) is 8.85. The van der Waals surface area contributed by atoms with Crippen LogP contribution in [-0.4, -0.2) is 71.7 Å². The van der Waals surface area contributed by atoms with Crippen molar-refractivity contribution in [3.8, 4) is 0 Å². The zero-order valence-electron chi connectivity index (χ0n) is 20.1. The molecule has 0 aliphatic carbocycles. The molecule has 10 heteroatoms. The number of halogens is 3. The van der Waals surface area contributed by atoms with Crippen LogP contribution in [0.3, 0.4) is 0 Å². The van der Waals surface area contributed by atoms with Crippen LogP contribution in [0, 0.1) is 12.7 Å². The first-order valence-electron chi connectivity index (χ1n) is 11.5. The number of aryl methyl sites for hydroxylation is 1. The lowest BCUT2D eigenvalue weighted by atomic mass is 10.1. The van der Waals surface area contributed by atoms with Gasteiger partial charge in [-0.15, -0.1) is 0 Å². The van der Waals surface area contributed by atoms with Gasteiger partial charge in [0.25, 0.3) is 6.43 Å². The Morgan fingerprint density at radius 2 is 1.91 bits per heavy atom. The Morgan fingerprint density at radius 3 is 2.60 bits per heavy atom. The predicted molar refractivity (Wildman–Crippen MR) is 134 cm³/mol. The van der Waals surface area contributed by atoms with Gasteiger partial charge in [-0.1, -0.05) is 32.2 Å². The Labute approximate surface area is 204 Å². The van der Waals surface area contributed by atoms with E-state index in [4.69, 9.17) is 0 Å². The first kappa shape index (κ1) is 25.3. The van der Waals surface area contributed by atoms with E-state index in [1.54, 1.807) is 25.9 Å². The third-order valence-electron chi connectivity index (χ3n) is 6.18. The summed E-state index contributed by atoms with van der Waals surface area (Å²) in [4.78, 5) is 24.9. The molecule has 2 aromatic carbocycles. The SMILES string of the molecule is Cc1nc(NCc2cccc(C(F)F)c2F)c2cc(P3CCN(CC(=O)N(C)C)CC3)ccc2n1. The first-order chi connectivity index (χ1) is 16.7. The van der Waals surface area contributed by atoms with Crippen molar-refractivity contribution in [3.05, 3.63) is 59.2 Å². The van der Waals surface area contributed by atoms with Crippen molar-refractivity contribution < 1.29 is 18.0 Å². The van der Waals surface area contributed by atoms with Crippen molar-refractivity contribution in [3.63, 3.8) is 0 Å². The highest BCUT2D eigenvalue weighted by atomic mass is 31.1. The van der Waals surface area contributed by atoms with Gasteiger partial charge in [0, 0.05) is 44.7 Å². The number of benzene rings is 2. The molecule has 4 rings (SSSR count). The van der Waals surface area contributed by atoms with Crippen LogP contribution in [0.5, 0.6) is 0 Å². The number of hydrogen-bond donors (Lipinski definition) is 1. The highest BCUT2D eigenvalue weighted by Gasteiger charge is 2.23. The molecule has 2 heterocycles. The number of rotatable bonds is 7. The molecule has 1 saturated heterocycles. The van der Waals surface area contributed by atoms with Gasteiger partial charge in [-0.05, 0) is 36.7 Å². The van der Waals surface area contributed by atoms with Gasteiger partial charge >= 0.3 is 0 Å². The molecule has 1 aromatic heterocycles. The lowest BCUT2D eigenvalue weighted by Crippen LogP contribution is -2.42. The second-order valence-corrected chi connectivity index (χ2v) is 11.3. The van der Waals surface area contributed by atoms with Crippen molar-refractivity contribution in [1.82, 2.24) is 19.8 Å². The van der Waals surface area contributed by atoms with Crippen molar-refractivity contribution in [2.24, 2.45) is 0 Å². The van der Waals surface area contributed by atoms with Gasteiger partial charge in [-0.25, -0.2) is 23.1 Å². The summed E-state index contributed by atoms with van der Waals surface area (Å²) in [5.74, 6) is 0.343. The number of hydrogen-bond acceptors (Lipinski definition) is 5. The summed E-state index contributed by atoms with van der Waals surface area (Å²) in [6.07, 6.45) is -0.861. The largest absolute Gasteiger partial charge is 0.365 e. The third-order valence-corrected chi connectivity index (χ3v) is 8.66.